The van der Waals surface area contributed by atoms with Crippen molar-refractivity contribution < 1.29 is 23.8 Å². The van der Waals surface area contributed by atoms with Crippen LogP contribution in [-0.2, 0) is 15.3 Å². The minimum absolute atomic E-state index is 0.105. The number of carbonyl (C=O) groups excluding carboxylic acids is 2. The summed E-state index contributed by atoms with van der Waals surface area (Å²) in [6, 6.07) is 14.1. The molecular formula is C26H19Cl2N3O5S2. The van der Waals surface area contributed by atoms with Crippen molar-refractivity contribution in [3.8, 4) is 5.75 Å². The lowest BCUT2D eigenvalue weighted by Crippen LogP contribution is -2.29. The second-order valence-corrected chi connectivity index (χ2v) is 11.0. The van der Waals surface area contributed by atoms with Crippen LogP contribution in [0.1, 0.15) is 29.9 Å². The lowest BCUT2D eigenvalue weighted by molar-refractivity contribution is -0.132. The standard InChI is InChI=1S/C26H19Cl2N3O5S2/c1-2-35-17-9-6-14(7-10-17)22(32)20-21(19-4-3-11-36-19)31(24(34)23(20)33)25-29-30-26(38-25)37-13-15-5-8-16(27)12-18(15)28/h3-12,21,32H,2,13H2,1H3/b22-20-. The monoisotopic (exact) mass is 587 g/mol. The third-order valence-electron chi connectivity index (χ3n) is 5.66. The molecule has 1 unspecified atom stereocenters. The van der Waals surface area contributed by atoms with Crippen LogP contribution in [0.25, 0.3) is 5.76 Å². The van der Waals surface area contributed by atoms with E-state index in [2.05, 4.69) is 10.2 Å². The second kappa shape index (κ2) is 11.2. The fourth-order valence-corrected chi connectivity index (χ4v) is 6.34. The van der Waals surface area contributed by atoms with Gasteiger partial charge in [-0.05, 0) is 61.0 Å². The summed E-state index contributed by atoms with van der Waals surface area (Å²) in [5.74, 6) is -0.600. The Morgan fingerprint density at radius 1 is 1.16 bits per heavy atom. The van der Waals surface area contributed by atoms with Crippen LogP contribution in [0.3, 0.4) is 0 Å². The second-order valence-electron chi connectivity index (χ2n) is 8.02. The van der Waals surface area contributed by atoms with Crippen LogP contribution >= 0.6 is 46.3 Å². The Kier molecular flexibility index (Phi) is 7.75. The summed E-state index contributed by atoms with van der Waals surface area (Å²) in [4.78, 5) is 27.7. The highest BCUT2D eigenvalue weighted by atomic mass is 35.5. The Morgan fingerprint density at radius 2 is 1.95 bits per heavy atom. The van der Waals surface area contributed by atoms with Gasteiger partial charge in [0, 0.05) is 21.4 Å². The first kappa shape index (κ1) is 26.3. The lowest BCUT2D eigenvalue weighted by Gasteiger charge is -2.20. The fraction of sp³-hybridized carbons (Fsp3) is 0.154. The molecule has 2 aromatic heterocycles. The van der Waals surface area contributed by atoms with Gasteiger partial charge in [0.15, 0.2) is 4.34 Å². The fourth-order valence-electron chi connectivity index (χ4n) is 3.91. The quantitative estimate of drug-likeness (QED) is 0.0792. The van der Waals surface area contributed by atoms with Crippen LogP contribution in [-0.4, -0.2) is 33.6 Å². The van der Waals surface area contributed by atoms with Gasteiger partial charge >= 0.3 is 5.91 Å². The van der Waals surface area contributed by atoms with E-state index in [0.717, 1.165) is 16.9 Å². The highest BCUT2D eigenvalue weighted by Gasteiger charge is 2.49. The number of aliphatic hydroxyl groups is 1. The Balaban J connectivity index is 1.47. The Hall–Kier alpha value is -3.31. The minimum Gasteiger partial charge on any atom is -0.507 e. The van der Waals surface area contributed by atoms with Crippen molar-refractivity contribution in [1.82, 2.24) is 10.2 Å². The van der Waals surface area contributed by atoms with Gasteiger partial charge in [0.25, 0.3) is 5.78 Å². The number of amides is 1. The zero-order chi connectivity index (χ0) is 26.8. The molecule has 0 radical (unpaired) electrons. The molecule has 1 amide bonds. The van der Waals surface area contributed by atoms with Gasteiger partial charge in [-0.25, -0.2) is 0 Å². The normalized spacial score (nSPS) is 16.8. The van der Waals surface area contributed by atoms with Crippen LogP contribution in [0.5, 0.6) is 5.75 Å². The van der Waals surface area contributed by atoms with Crippen molar-refractivity contribution >= 4 is 68.9 Å². The maximum absolute atomic E-state index is 13.2. The molecule has 1 aliphatic heterocycles. The van der Waals surface area contributed by atoms with Gasteiger partial charge in [-0.1, -0.05) is 52.4 Å². The molecule has 0 aliphatic carbocycles. The van der Waals surface area contributed by atoms with Gasteiger partial charge in [-0.3, -0.25) is 14.5 Å². The molecule has 194 valence electrons. The number of Topliss-reactive ketones (excluding diaryl/α,β-unsaturated/α-hetero) is 1. The van der Waals surface area contributed by atoms with E-state index in [0.29, 0.717) is 43.8 Å². The van der Waals surface area contributed by atoms with Crippen molar-refractivity contribution in [3.63, 3.8) is 0 Å². The van der Waals surface area contributed by atoms with Gasteiger partial charge in [0.05, 0.1) is 18.4 Å². The summed E-state index contributed by atoms with van der Waals surface area (Å²) in [6.45, 7) is 2.35. The van der Waals surface area contributed by atoms with Crippen molar-refractivity contribution in [2.45, 2.75) is 23.1 Å². The third-order valence-corrected chi connectivity index (χ3v) is 8.36. The lowest BCUT2D eigenvalue weighted by atomic mass is 9.99. The predicted octanol–water partition coefficient (Wildman–Crippen LogP) is 6.76. The van der Waals surface area contributed by atoms with E-state index >= 15 is 0 Å². The van der Waals surface area contributed by atoms with Crippen molar-refractivity contribution in [2.24, 2.45) is 0 Å². The maximum Gasteiger partial charge on any atom is 0.302 e. The van der Waals surface area contributed by atoms with Gasteiger partial charge in [0.2, 0.25) is 5.13 Å². The Morgan fingerprint density at radius 3 is 2.63 bits per heavy atom. The largest absolute Gasteiger partial charge is 0.507 e. The van der Waals surface area contributed by atoms with Gasteiger partial charge in [-0.15, -0.1) is 10.2 Å². The molecule has 5 rings (SSSR count). The molecule has 1 atom stereocenters. The molecular weight excluding hydrogens is 569 g/mol. The minimum atomic E-state index is -1.02. The highest BCUT2D eigenvalue weighted by Crippen LogP contribution is 2.44. The van der Waals surface area contributed by atoms with Gasteiger partial charge in [0.1, 0.15) is 23.3 Å². The van der Waals surface area contributed by atoms with E-state index in [1.54, 1.807) is 48.5 Å². The number of hydrogen-bond acceptors (Lipinski definition) is 9. The number of anilines is 1. The van der Waals surface area contributed by atoms with Crippen LogP contribution in [0, 0.1) is 0 Å². The Bertz CT molecular complexity index is 1520. The first-order valence-electron chi connectivity index (χ1n) is 11.3. The van der Waals surface area contributed by atoms with Crippen LogP contribution in [0.4, 0.5) is 5.13 Å². The number of halogens is 2. The number of nitrogens with zero attached hydrogens (tertiary/aromatic N) is 3. The first-order valence-corrected chi connectivity index (χ1v) is 13.9. The Labute approximate surface area is 235 Å². The molecule has 2 aromatic carbocycles. The number of furan rings is 1. The number of thioether (sulfide) groups is 1. The molecule has 0 saturated carbocycles. The van der Waals surface area contributed by atoms with Gasteiger partial charge < -0.3 is 14.3 Å². The summed E-state index contributed by atoms with van der Waals surface area (Å²) in [6.07, 6.45) is 1.43. The number of aromatic nitrogens is 2. The SMILES string of the molecule is CCOc1ccc(/C(O)=C2/C(=O)C(=O)N(c3nnc(SCc4ccc(Cl)cc4Cl)s3)C2c2ccco2)cc1. The number of ketones is 1. The maximum atomic E-state index is 13.2. The van der Waals surface area contributed by atoms with Crippen molar-refractivity contribution in [3.05, 3.63) is 93.4 Å². The van der Waals surface area contributed by atoms with Crippen molar-refractivity contribution in [2.75, 3.05) is 11.5 Å². The third kappa shape index (κ3) is 5.17. The first-order chi connectivity index (χ1) is 18.4. The summed E-state index contributed by atoms with van der Waals surface area (Å²) < 4.78 is 11.6. The van der Waals surface area contributed by atoms with Crippen molar-refractivity contribution in [1.29, 1.82) is 0 Å². The number of hydrogen-bond donors (Lipinski definition) is 1. The zero-order valence-corrected chi connectivity index (χ0v) is 22.9. The molecule has 3 heterocycles. The van der Waals surface area contributed by atoms with E-state index < -0.39 is 17.7 Å². The number of benzene rings is 2. The molecule has 0 spiro atoms. The van der Waals surface area contributed by atoms with Crippen LogP contribution in [0.15, 0.2) is 75.2 Å². The number of carbonyl (C=O) groups is 2. The van der Waals surface area contributed by atoms with E-state index in [1.165, 1.54) is 22.9 Å². The number of rotatable bonds is 8. The van der Waals surface area contributed by atoms with Crippen LogP contribution < -0.4 is 9.64 Å². The molecule has 4 aromatic rings. The topological polar surface area (TPSA) is 106 Å². The summed E-state index contributed by atoms with van der Waals surface area (Å²) in [7, 11) is 0. The molecule has 1 saturated heterocycles. The van der Waals surface area contributed by atoms with Gasteiger partial charge in [-0.2, -0.15) is 0 Å². The summed E-state index contributed by atoms with van der Waals surface area (Å²) in [5, 5.41) is 20.8. The van der Waals surface area contributed by atoms with Crippen LogP contribution in [0.2, 0.25) is 10.0 Å². The average molecular weight is 588 g/mol. The smallest absolute Gasteiger partial charge is 0.302 e. The molecule has 1 N–H and O–H groups in total. The van der Waals surface area contributed by atoms with E-state index in [1.807, 2.05) is 13.0 Å². The number of ether oxygens (including phenoxy) is 1. The summed E-state index contributed by atoms with van der Waals surface area (Å²) >= 11 is 14.8. The summed E-state index contributed by atoms with van der Waals surface area (Å²) in [5.41, 5.74) is 1.12. The van der Waals surface area contributed by atoms with E-state index in [-0.39, 0.29) is 16.5 Å². The van der Waals surface area contributed by atoms with E-state index in [4.69, 9.17) is 32.4 Å². The zero-order valence-electron chi connectivity index (χ0n) is 19.8. The van der Waals surface area contributed by atoms with E-state index in [9.17, 15) is 14.7 Å². The molecule has 8 nitrogen and oxygen atoms in total. The average Bonchev–Trinajstić information content (AvgIpc) is 3.65. The molecule has 1 fully saturated rings. The highest BCUT2D eigenvalue weighted by molar-refractivity contribution is 8.00. The molecule has 38 heavy (non-hydrogen) atoms. The molecule has 0 bridgehead atoms. The predicted molar refractivity (Wildman–Crippen MR) is 147 cm³/mol. The molecule has 1 aliphatic rings. The molecule has 12 heteroatoms. The number of aliphatic hydroxyl groups excluding tert-OH is 1.